The lowest BCUT2D eigenvalue weighted by Gasteiger charge is -2.30. The van der Waals surface area contributed by atoms with E-state index in [1.165, 1.54) is 9.20 Å². The van der Waals surface area contributed by atoms with E-state index in [0.29, 0.717) is 17.8 Å². The fourth-order valence-corrected chi connectivity index (χ4v) is 5.56. The van der Waals surface area contributed by atoms with E-state index >= 15 is 0 Å². The third kappa shape index (κ3) is 6.14. The molecule has 0 saturated carbocycles. The third-order valence-corrected chi connectivity index (χ3v) is 7.30. The molecule has 1 amide bonds. The number of carbonyl (C=O) groups excluding carboxylic acids is 1. The van der Waals surface area contributed by atoms with Crippen LogP contribution in [-0.4, -0.2) is 26.6 Å². The Hall–Kier alpha value is -2.77. The number of nitrogens with zero attached hydrogens (tertiary/aromatic N) is 1. The summed E-state index contributed by atoms with van der Waals surface area (Å²) < 4.78 is 26.3. The summed E-state index contributed by atoms with van der Waals surface area (Å²) in [5.74, 6) is 0.475. The van der Waals surface area contributed by atoms with Crippen LogP contribution >= 0.6 is 11.8 Å². The number of hydrogen-bond acceptors (Lipinski definition) is 4. The molecule has 1 atom stereocenters. The van der Waals surface area contributed by atoms with Gasteiger partial charge in [0.2, 0.25) is 15.9 Å². The molecule has 0 aliphatic carbocycles. The summed E-state index contributed by atoms with van der Waals surface area (Å²) in [6.07, 6.45) is 1.47. The fraction of sp³-hybridized carbons (Fsp3) is 0.240. The first kappa shape index (κ1) is 23.9. The Balaban J connectivity index is 1.75. The average Bonchev–Trinajstić information content (AvgIpc) is 2.78. The molecule has 7 heteroatoms. The molecule has 0 aromatic heterocycles. The van der Waals surface area contributed by atoms with Gasteiger partial charge in [-0.15, -0.1) is 11.8 Å². The first-order valence-electron chi connectivity index (χ1n) is 10.4. The molecule has 168 valence electrons. The van der Waals surface area contributed by atoms with E-state index in [2.05, 4.69) is 23.5 Å². The van der Waals surface area contributed by atoms with Crippen molar-refractivity contribution in [1.29, 1.82) is 0 Å². The molecule has 0 spiro atoms. The normalized spacial score (nSPS) is 12.2. The first-order valence-corrected chi connectivity index (χ1v) is 13.3. The van der Waals surface area contributed by atoms with E-state index in [1.807, 2.05) is 50.2 Å². The second-order valence-corrected chi connectivity index (χ2v) is 10.5. The zero-order valence-corrected chi connectivity index (χ0v) is 20.1. The number of carbonyl (C=O) groups is 1. The van der Waals surface area contributed by atoms with Crippen LogP contribution in [0.2, 0.25) is 0 Å². The Morgan fingerprint density at radius 3 is 2.19 bits per heavy atom. The summed E-state index contributed by atoms with van der Waals surface area (Å²) in [5, 5.41) is 2.93. The van der Waals surface area contributed by atoms with Crippen molar-refractivity contribution in [3.63, 3.8) is 0 Å². The molecule has 3 aromatic carbocycles. The van der Waals surface area contributed by atoms with Crippen molar-refractivity contribution in [2.75, 3.05) is 15.9 Å². The summed E-state index contributed by atoms with van der Waals surface area (Å²) in [4.78, 5) is 14.3. The van der Waals surface area contributed by atoms with Crippen LogP contribution in [0.1, 0.15) is 24.5 Å². The molecule has 0 unspecified atom stereocenters. The van der Waals surface area contributed by atoms with E-state index < -0.39 is 16.1 Å². The number of para-hydroxylation sites is 1. The smallest absolute Gasteiger partial charge is 0.248 e. The number of rotatable bonds is 9. The van der Waals surface area contributed by atoms with E-state index in [0.717, 1.165) is 23.1 Å². The van der Waals surface area contributed by atoms with Gasteiger partial charge in [-0.1, -0.05) is 55.5 Å². The average molecular weight is 469 g/mol. The van der Waals surface area contributed by atoms with Crippen LogP contribution in [0.3, 0.4) is 0 Å². The van der Waals surface area contributed by atoms with Crippen molar-refractivity contribution in [3.8, 4) is 0 Å². The van der Waals surface area contributed by atoms with Gasteiger partial charge < -0.3 is 5.32 Å². The van der Waals surface area contributed by atoms with Gasteiger partial charge in [0, 0.05) is 16.3 Å². The number of aryl methyl sites for hydroxylation is 1. The summed E-state index contributed by atoms with van der Waals surface area (Å²) >= 11 is 1.75. The van der Waals surface area contributed by atoms with Gasteiger partial charge in [-0.2, -0.15) is 0 Å². The Morgan fingerprint density at radius 1 is 1.00 bits per heavy atom. The number of nitrogens with one attached hydrogen (secondary N) is 1. The standard InChI is InChI=1S/C25H28N2O3S2/c1-4-24(27(32(3,29)30)21-11-7-5-8-12-21)25(28)26-23-16-15-20(17-19(23)2)18-31-22-13-9-6-10-14-22/h5-17,24H,4,18H2,1-3H3,(H,26,28)/t24-/m0/s1. The highest BCUT2D eigenvalue weighted by Gasteiger charge is 2.31. The van der Waals surface area contributed by atoms with E-state index in [4.69, 9.17) is 0 Å². The van der Waals surface area contributed by atoms with Gasteiger partial charge in [0.1, 0.15) is 6.04 Å². The Kier molecular flexibility index (Phi) is 7.99. The zero-order chi connectivity index (χ0) is 23.1. The molecule has 0 saturated heterocycles. The molecule has 1 N–H and O–H groups in total. The SMILES string of the molecule is CC[C@@H](C(=O)Nc1ccc(CSc2ccccc2)cc1C)N(c1ccccc1)S(C)(=O)=O. The predicted octanol–water partition coefficient (Wildman–Crippen LogP) is 5.47. The minimum absolute atomic E-state index is 0.346. The minimum Gasteiger partial charge on any atom is -0.324 e. The number of thioether (sulfide) groups is 1. The maximum absolute atomic E-state index is 13.1. The highest BCUT2D eigenvalue weighted by molar-refractivity contribution is 7.98. The van der Waals surface area contributed by atoms with Crippen LogP contribution in [0, 0.1) is 6.92 Å². The van der Waals surface area contributed by atoms with Gasteiger partial charge in [-0.25, -0.2) is 8.42 Å². The molecule has 0 bridgehead atoms. The first-order chi connectivity index (χ1) is 15.3. The summed E-state index contributed by atoms with van der Waals surface area (Å²) in [6, 6.07) is 24.0. The van der Waals surface area contributed by atoms with E-state index in [-0.39, 0.29) is 5.91 Å². The molecule has 3 rings (SSSR count). The molecule has 0 aliphatic heterocycles. The quantitative estimate of drug-likeness (QED) is 0.423. The Bertz CT molecular complexity index is 1150. The molecular formula is C25H28N2O3S2. The fourth-order valence-electron chi connectivity index (χ4n) is 3.49. The number of sulfonamides is 1. The molecule has 0 radical (unpaired) electrons. The van der Waals surface area contributed by atoms with Crippen molar-refractivity contribution in [2.45, 2.75) is 37.0 Å². The lowest BCUT2D eigenvalue weighted by molar-refractivity contribution is -0.117. The predicted molar refractivity (Wildman–Crippen MR) is 134 cm³/mol. The molecule has 3 aromatic rings. The second kappa shape index (κ2) is 10.7. The van der Waals surface area contributed by atoms with E-state index in [9.17, 15) is 13.2 Å². The zero-order valence-electron chi connectivity index (χ0n) is 18.5. The van der Waals surface area contributed by atoms with Gasteiger partial charge in [0.15, 0.2) is 0 Å². The maximum Gasteiger partial charge on any atom is 0.248 e. The molecule has 0 aliphatic rings. The van der Waals surface area contributed by atoms with Crippen LogP contribution in [-0.2, 0) is 20.6 Å². The van der Waals surface area contributed by atoms with Crippen LogP contribution in [0.15, 0.2) is 83.8 Å². The summed E-state index contributed by atoms with van der Waals surface area (Å²) in [5.41, 5.74) is 3.25. The number of benzene rings is 3. The van der Waals surface area contributed by atoms with Crippen molar-refractivity contribution >= 4 is 39.1 Å². The van der Waals surface area contributed by atoms with Gasteiger partial charge in [0.25, 0.3) is 0 Å². The molecule has 0 heterocycles. The van der Waals surface area contributed by atoms with Gasteiger partial charge in [0.05, 0.1) is 11.9 Å². The van der Waals surface area contributed by atoms with Crippen LogP contribution in [0.4, 0.5) is 11.4 Å². The van der Waals surface area contributed by atoms with Gasteiger partial charge in [-0.3, -0.25) is 9.10 Å². The van der Waals surface area contributed by atoms with Crippen molar-refractivity contribution in [2.24, 2.45) is 0 Å². The highest BCUT2D eigenvalue weighted by Crippen LogP contribution is 2.26. The minimum atomic E-state index is -3.65. The van der Waals surface area contributed by atoms with Gasteiger partial charge >= 0.3 is 0 Å². The van der Waals surface area contributed by atoms with Crippen LogP contribution in [0.5, 0.6) is 0 Å². The largest absolute Gasteiger partial charge is 0.324 e. The lowest BCUT2D eigenvalue weighted by atomic mass is 10.1. The van der Waals surface area contributed by atoms with Crippen LogP contribution < -0.4 is 9.62 Å². The van der Waals surface area contributed by atoms with Crippen molar-refractivity contribution in [3.05, 3.63) is 90.0 Å². The Labute approximate surface area is 194 Å². The van der Waals surface area contributed by atoms with E-state index in [1.54, 1.807) is 36.0 Å². The summed E-state index contributed by atoms with van der Waals surface area (Å²) in [6.45, 7) is 3.75. The molecule has 0 fully saturated rings. The van der Waals surface area contributed by atoms with Crippen molar-refractivity contribution in [1.82, 2.24) is 0 Å². The van der Waals surface area contributed by atoms with Crippen molar-refractivity contribution < 1.29 is 13.2 Å². The highest BCUT2D eigenvalue weighted by atomic mass is 32.2. The molecule has 5 nitrogen and oxygen atoms in total. The van der Waals surface area contributed by atoms with Crippen LogP contribution in [0.25, 0.3) is 0 Å². The topological polar surface area (TPSA) is 66.5 Å². The Morgan fingerprint density at radius 2 is 1.62 bits per heavy atom. The number of amides is 1. The second-order valence-electron chi connectivity index (χ2n) is 7.56. The molecular weight excluding hydrogens is 440 g/mol. The lowest BCUT2D eigenvalue weighted by Crippen LogP contribution is -2.47. The summed E-state index contributed by atoms with van der Waals surface area (Å²) in [7, 11) is -3.65. The number of anilines is 2. The monoisotopic (exact) mass is 468 g/mol. The number of hydrogen-bond donors (Lipinski definition) is 1. The molecule has 32 heavy (non-hydrogen) atoms. The third-order valence-electron chi connectivity index (χ3n) is 5.04. The van der Waals surface area contributed by atoms with Gasteiger partial charge in [-0.05, 0) is 54.8 Å². The maximum atomic E-state index is 13.1.